The van der Waals surface area contributed by atoms with E-state index in [1.165, 1.54) is 0 Å². The van der Waals surface area contributed by atoms with E-state index in [4.69, 9.17) is 11.6 Å². The van der Waals surface area contributed by atoms with Crippen LogP contribution in [0.3, 0.4) is 0 Å². The van der Waals surface area contributed by atoms with E-state index in [-0.39, 0.29) is 24.3 Å². The molecule has 1 unspecified atom stereocenters. The molecule has 1 aliphatic rings. The van der Waals surface area contributed by atoms with Crippen molar-refractivity contribution < 1.29 is 9.59 Å². The molecule has 1 saturated carbocycles. The number of carbonyl (C=O) groups excluding carboxylic acids is 2. The first-order chi connectivity index (χ1) is 16.6. The predicted molar refractivity (Wildman–Crippen MR) is 136 cm³/mol. The minimum Gasteiger partial charge on any atom is -0.352 e. The van der Waals surface area contributed by atoms with E-state index >= 15 is 0 Å². The van der Waals surface area contributed by atoms with Gasteiger partial charge in [0, 0.05) is 24.0 Å². The highest BCUT2D eigenvalue weighted by Gasteiger charge is 2.32. The first-order valence-corrected chi connectivity index (χ1v) is 12.4. The third-order valence-corrected chi connectivity index (χ3v) is 6.84. The summed E-state index contributed by atoms with van der Waals surface area (Å²) in [6, 6.07) is 26.7. The van der Waals surface area contributed by atoms with E-state index in [1.807, 2.05) is 78.9 Å². The van der Waals surface area contributed by atoms with Crippen LogP contribution in [0, 0.1) is 0 Å². The number of halogens is 1. The van der Waals surface area contributed by atoms with Gasteiger partial charge >= 0.3 is 0 Å². The first kappa shape index (κ1) is 24.0. The SMILES string of the molecule is O=C(NC1CCCC1)C(Cc1ccccc1)N(Cc1ccccc1)C(=O)Cc1ccccc1Cl. The van der Waals surface area contributed by atoms with Gasteiger partial charge in [0.05, 0.1) is 6.42 Å². The van der Waals surface area contributed by atoms with Gasteiger partial charge in [-0.25, -0.2) is 0 Å². The van der Waals surface area contributed by atoms with Crippen LogP contribution in [-0.2, 0) is 29.0 Å². The van der Waals surface area contributed by atoms with Gasteiger partial charge in [0.25, 0.3) is 0 Å². The van der Waals surface area contributed by atoms with Crippen molar-refractivity contribution in [3.63, 3.8) is 0 Å². The zero-order chi connectivity index (χ0) is 23.8. The molecule has 1 fully saturated rings. The molecule has 34 heavy (non-hydrogen) atoms. The Hall–Kier alpha value is -3.11. The Morgan fingerprint density at radius 3 is 2.09 bits per heavy atom. The van der Waals surface area contributed by atoms with E-state index in [1.54, 1.807) is 11.0 Å². The Balaban J connectivity index is 1.65. The number of amides is 2. The molecule has 1 aliphatic carbocycles. The predicted octanol–water partition coefficient (Wildman–Crippen LogP) is 5.58. The Bertz CT molecular complexity index is 1080. The molecule has 3 aromatic rings. The summed E-state index contributed by atoms with van der Waals surface area (Å²) in [6.07, 6.45) is 4.86. The summed E-state index contributed by atoms with van der Waals surface area (Å²) >= 11 is 6.37. The summed E-state index contributed by atoms with van der Waals surface area (Å²) in [6.45, 7) is 0.361. The van der Waals surface area contributed by atoms with E-state index in [0.29, 0.717) is 18.0 Å². The summed E-state index contributed by atoms with van der Waals surface area (Å²) in [4.78, 5) is 29.1. The van der Waals surface area contributed by atoms with Crippen molar-refractivity contribution in [2.75, 3.05) is 0 Å². The van der Waals surface area contributed by atoms with Gasteiger partial charge in [-0.3, -0.25) is 9.59 Å². The third kappa shape index (κ3) is 6.48. The quantitative estimate of drug-likeness (QED) is 0.440. The van der Waals surface area contributed by atoms with Crippen molar-refractivity contribution in [1.29, 1.82) is 0 Å². The molecule has 4 rings (SSSR count). The standard InChI is InChI=1S/C29H31ClN2O2/c30-26-18-10-7-15-24(26)20-28(33)32(21-23-13-5-2-6-14-23)27(19-22-11-3-1-4-12-22)29(34)31-25-16-8-9-17-25/h1-7,10-15,18,25,27H,8-9,16-17,19-21H2,(H,31,34). The van der Waals surface area contributed by atoms with Crippen molar-refractivity contribution in [1.82, 2.24) is 10.2 Å². The maximum Gasteiger partial charge on any atom is 0.243 e. The average Bonchev–Trinajstić information content (AvgIpc) is 3.37. The summed E-state index contributed by atoms with van der Waals surface area (Å²) in [5, 5.41) is 3.80. The van der Waals surface area contributed by atoms with Gasteiger partial charge in [-0.1, -0.05) is 103 Å². The summed E-state index contributed by atoms with van der Waals surface area (Å²) in [5.74, 6) is -0.196. The van der Waals surface area contributed by atoms with Crippen LogP contribution < -0.4 is 5.32 Å². The lowest BCUT2D eigenvalue weighted by molar-refractivity contribution is -0.141. The Morgan fingerprint density at radius 1 is 0.853 bits per heavy atom. The summed E-state index contributed by atoms with van der Waals surface area (Å²) in [7, 11) is 0. The highest BCUT2D eigenvalue weighted by molar-refractivity contribution is 6.31. The van der Waals surface area contributed by atoms with Crippen molar-refractivity contribution >= 4 is 23.4 Å². The minimum absolute atomic E-state index is 0.0841. The zero-order valence-electron chi connectivity index (χ0n) is 19.3. The average molecular weight is 475 g/mol. The van der Waals surface area contributed by atoms with Gasteiger partial charge in [-0.2, -0.15) is 0 Å². The Kier molecular flexibility index (Phi) is 8.37. The highest BCUT2D eigenvalue weighted by Crippen LogP contribution is 2.22. The fourth-order valence-corrected chi connectivity index (χ4v) is 4.81. The van der Waals surface area contributed by atoms with Gasteiger partial charge in [0.1, 0.15) is 6.04 Å². The molecule has 0 heterocycles. The molecule has 5 heteroatoms. The fraction of sp³-hybridized carbons (Fsp3) is 0.310. The molecule has 0 aromatic heterocycles. The molecule has 4 nitrogen and oxygen atoms in total. The maximum absolute atomic E-state index is 13.7. The Labute approximate surface area is 206 Å². The topological polar surface area (TPSA) is 49.4 Å². The second kappa shape index (κ2) is 11.8. The molecular weight excluding hydrogens is 444 g/mol. The van der Waals surface area contributed by atoms with E-state index in [9.17, 15) is 9.59 Å². The van der Waals surface area contributed by atoms with Crippen molar-refractivity contribution in [2.24, 2.45) is 0 Å². The Morgan fingerprint density at radius 2 is 1.44 bits per heavy atom. The molecule has 1 atom stereocenters. The van der Waals surface area contributed by atoms with Crippen LogP contribution in [0.25, 0.3) is 0 Å². The molecule has 0 radical (unpaired) electrons. The second-order valence-electron chi connectivity index (χ2n) is 8.97. The highest BCUT2D eigenvalue weighted by atomic mass is 35.5. The van der Waals surface area contributed by atoms with E-state index < -0.39 is 6.04 Å². The van der Waals surface area contributed by atoms with Gasteiger partial charge in [0.15, 0.2) is 0 Å². The van der Waals surface area contributed by atoms with Crippen molar-refractivity contribution in [3.8, 4) is 0 Å². The third-order valence-electron chi connectivity index (χ3n) is 6.47. The first-order valence-electron chi connectivity index (χ1n) is 12.0. The minimum atomic E-state index is -0.613. The molecule has 1 N–H and O–H groups in total. The molecule has 0 saturated heterocycles. The normalized spacial score (nSPS) is 14.5. The lowest BCUT2D eigenvalue weighted by Gasteiger charge is -2.32. The largest absolute Gasteiger partial charge is 0.352 e. The lowest BCUT2D eigenvalue weighted by atomic mass is 10.0. The second-order valence-corrected chi connectivity index (χ2v) is 9.38. The van der Waals surface area contributed by atoms with Crippen molar-refractivity contribution in [3.05, 3.63) is 107 Å². The maximum atomic E-state index is 13.7. The van der Waals surface area contributed by atoms with Crippen LogP contribution in [0.2, 0.25) is 5.02 Å². The molecule has 0 aliphatic heterocycles. The van der Waals surface area contributed by atoms with Gasteiger partial charge in [-0.15, -0.1) is 0 Å². The van der Waals surface area contributed by atoms with Gasteiger partial charge < -0.3 is 10.2 Å². The van der Waals surface area contributed by atoms with Crippen molar-refractivity contribution in [2.45, 2.75) is 57.2 Å². The fourth-order valence-electron chi connectivity index (χ4n) is 4.61. The van der Waals surface area contributed by atoms with Crippen LogP contribution in [0.5, 0.6) is 0 Å². The zero-order valence-corrected chi connectivity index (χ0v) is 20.1. The number of nitrogens with one attached hydrogen (secondary N) is 1. The number of hydrogen-bond donors (Lipinski definition) is 1. The van der Waals surface area contributed by atoms with Crippen LogP contribution >= 0.6 is 11.6 Å². The molecular formula is C29H31ClN2O2. The number of rotatable bonds is 9. The van der Waals surface area contributed by atoms with Gasteiger partial charge in [0.2, 0.25) is 11.8 Å². The smallest absolute Gasteiger partial charge is 0.243 e. The van der Waals surface area contributed by atoms with Crippen LogP contribution in [0.15, 0.2) is 84.9 Å². The summed E-state index contributed by atoms with van der Waals surface area (Å²) < 4.78 is 0. The molecule has 3 aromatic carbocycles. The molecule has 0 spiro atoms. The molecule has 0 bridgehead atoms. The number of nitrogens with zero attached hydrogens (tertiary/aromatic N) is 1. The number of benzene rings is 3. The summed E-state index contributed by atoms with van der Waals surface area (Å²) in [5.41, 5.74) is 2.78. The number of hydrogen-bond acceptors (Lipinski definition) is 2. The molecule has 176 valence electrons. The van der Waals surface area contributed by atoms with Gasteiger partial charge in [-0.05, 0) is 35.6 Å². The van der Waals surface area contributed by atoms with Crippen LogP contribution in [0.4, 0.5) is 0 Å². The van der Waals surface area contributed by atoms with Crippen LogP contribution in [-0.4, -0.2) is 28.8 Å². The lowest BCUT2D eigenvalue weighted by Crippen LogP contribution is -2.52. The monoisotopic (exact) mass is 474 g/mol. The van der Waals surface area contributed by atoms with E-state index in [2.05, 4.69) is 5.32 Å². The van der Waals surface area contributed by atoms with E-state index in [0.717, 1.165) is 42.4 Å². The van der Waals surface area contributed by atoms with Crippen LogP contribution in [0.1, 0.15) is 42.4 Å². The molecule has 2 amide bonds. The number of carbonyl (C=O) groups is 2.